The van der Waals surface area contributed by atoms with E-state index in [2.05, 4.69) is 13.8 Å². The number of hydrogen-bond acceptors (Lipinski definition) is 3. The second kappa shape index (κ2) is 17.7. The predicted molar refractivity (Wildman–Crippen MR) is 120 cm³/mol. The molecule has 0 aliphatic carbocycles. The van der Waals surface area contributed by atoms with Crippen molar-refractivity contribution in [2.24, 2.45) is 0 Å². The maximum Gasteiger partial charge on any atom is 0.294 e. The van der Waals surface area contributed by atoms with Gasteiger partial charge in [-0.2, -0.15) is 8.42 Å². The summed E-state index contributed by atoms with van der Waals surface area (Å²) in [6.07, 6.45) is 21.2. The summed E-state index contributed by atoms with van der Waals surface area (Å²) in [5, 5.41) is 10.4. The second-order valence-electron chi connectivity index (χ2n) is 8.58. The Morgan fingerprint density at radius 2 is 0.786 bits per heavy atom. The normalized spacial score (nSPS) is 14.3. The van der Waals surface area contributed by atoms with Crippen LogP contribution in [0.25, 0.3) is 0 Å². The predicted octanol–water partition coefficient (Wildman–Crippen LogP) is 7.40. The highest BCUT2D eigenvalue weighted by Crippen LogP contribution is 2.28. The molecule has 4 nitrogen and oxygen atoms in total. The zero-order valence-corrected chi connectivity index (χ0v) is 19.6. The lowest BCUT2D eigenvalue weighted by Crippen LogP contribution is -2.38. The molecule has 5 heteroatoms. The quantitative estimate of drug-likeness (QED) is 0.150. The van der Waals surface area contributed by atoms with E-state index in [-0.39, 0.29) is 12.8 Å². The Morgan fingerprint density at radius 3 is 1.07 bits per heavy atom. The highest BCUT2D eigenvalue weighted by Gasteiger charge is 2.39. The lowest BCUT2D eigenvalue weighted by atomic mass is 10.0. The van der Waals surface area contributed by atoms with Gasteiger partial charge in [0, 0.05) is 0 Å². The molecule has 170 valence electrons. The van der Waals surface area contributed by atoms with Crippen LogP contribution in [0.4, 0.5) is 0 Å². The van der Waals surface area contributed by atoms with Crippen LogP contribution < -0.4 is 0 Å². The van der Waals surface area contributed by atoms with Crippen LogP contribution in [-0.4, -0.2) is 23.0 Å². The Morgan fingerprint density at radius 1 is 0.536 bits per heavy atom. The summed E-state index contributed by atoms with van der Waals surface area (Å²) in [6, 6.07) is 0. The Kier molecular flexibility index (Phi) is 17.6. The molecule has 1 unspecified atom stereocenters. The van der Waals surface area contributed by atoms with Gasteiger partial charge in [-0.1, -0.05) is 117 Å². The van der Waals surface area contributed by atoms with Crippen molar-refractivity contribution in [3.63, 3.8) is 0 Å². The van der Waals surface area contributed by atoms with Gasteiger partial charge in [-0.25, -0.2) is 0 Å². The zero-order valence-electron chi connectivity index (χ0n) is 18.8. The minimum atomic E-state index is -4.41. The molecule has 1 atom stereocenters. The lowest BCUT2D eigenvalue weighted by Gasteiger charge is -2.24. The average molecular weight is 421 g/mol. The molecule has 0 aromatic rings. The summed E-state index contributed by atoms with van der Waals surface area (Å²) in [4.78, 5) is -1.95. The van der Waals surface area contributed by atoms with Crippen molar-refractivity contribution < 1.29 is 18.1 Å². The van der Waals surface area contributed by atoms with E-state index in [1.807, 2.05) is 0 Å². The van der Waals surface area contributed by atoms with Gasteiger partial charge in [0.05, 0.1) is 0 Å². The molecule has 0 aliphatic rings. The summed E-state index contributed by atoms with van der Waals surface area (Å²) in [5.74, 6) is 0. The summed E-state index contributed by atoms with van der Waals surface area (Å²) in [5.41, 5.74) is 0. The number of hydrogen-bond donors (Lipinski definition) is 2. The standard InChI is InChI=1S/C23H48O4S/c1-3-5-7-9-10-11-12-13-14-15-16-17-18-20-22-23(24,28(25,26)27)21-19-8-6-4-2/h24H,3-22H2,1-2H3,(H,25,26,27). The van der Waals surface area contributed by atoms with E-state index in [9.17, 15) is 18.1 Å². The Labute approximate surface area is 175 Å². The van der Waals surface area contributed by atoms with Gasteiger partial charge in [0.25, 0.3) is 10.1 Å². The molecule has 0 saturated heterocycles. The van der Waals surface area contributed by atoms with Crippen molar-refractivity contribution in [3.8, 4) is 0 Å². The average Bonchev–Trinajstić information content (AvgIpc) is 2.64. The fourth-order valence-electron chi connectivity index (χ4n) is 3.81. The SMILES string of the molecule is CCCCCCCCCCCCCCCCC(O)(CCCCCC)S(=O)(=O)O. The molecule has 0 aliphatic heterocycles. The van der Waals surface area contributed by atoms with Crippen LogP contribution in [-0.2, 0) is 10.1 Å². The van der Waals surface area contributed by atoms with E-state index in [4.69, 9.17) is 0 Å². The first-order valence-electron chi connectivity index (χ1n) is 12.1. The van der Waals surface area contributed by atoms with E-state index < -0.39 is 15.1 Å². The molecular formula is C23H48O4S. The first kappa shape index (κ1) is 27.9. The molecule has 0 rings (SSSR count). The molecule has 0 aromatic carbocycles. The molecule has 0 heterocycles. The second-order valence-corrected chi connectivity index (χ2v) is 10.3. The highest BCUT2D eigenvalue weighted by atomic mass is 32.2. The van der Waals surface area contributed by atoms with Crippen LogP contribution in [0.3, 0.4) is 0 Å². The Balaban J connectivity index is 3.67. The molecule has 0 bridgehead atoms. The topological polar surface area (TPSA) is 74.6 Å². The first-order chi connectivity index (χ1) is 13.4. The number of rotatable bonds is 21. The van der Waals surface area contributed by atoms with E-state index in [0.717, 1.165) is 32.1 Å². The van der Waals surface area contributed by atoms with Gasteiger partial charge < -0.3 is 5.11 Å². The Hall–Kier alpha value is -0.130. The molecule has 0 radical (unpaired) electrons. The van der Waals surface area contributed by atoms with Gasteiger partial charge in [-0.05, 0) is 25.7 Å². The van der Waals surface area contributed by atoms with Crippen molar-refractivity contribution in [2.75, 3.05) is 0 Å². The number of aliphatic hydroxyl groups is 1. The third-order valence-electron chi connectivity index (χ3n) is 5.82. The monoisotopic (exact) mass is 420 g/mol. The van der Waals surface area contributed by atoms with Gasteiger partial charge in [0.2, 0.25) is 0 Å². The third kappa shape index (κ3) is 14.8. The molecular weight excluding hydrogens is 372 g/mol. The summed E-state index contributed by atoms with van der Waals surface area (Å²) < 4.78 is 32.6. The number of unbranched alkanes of at least 4 members (excludes halogenated alkanes) is 16. The molecule has 0 aromatic heterocycles. The van der Waals surface area contributed by atoms with Gasteiger partial charge in [0.15, 0.2) is 4.93 Å². The molecule has 28 heavy (non-hydrogen) atoms. The fraction of sp³-hybridized carbons (Fsp3) is 1.00. The maximum absolute atomic E-state index is 11.6. The maximum atomic E-state index is 11.6. The smallest absolute Gasteiger partial charge is 0.294 e. The lowest BCUT2D eigenvalue weighted by molar-refractivity contribution is 0.0884. The summed E-state index contributed by atoms with van der Waals surface area (Å²) in [7, 11) is -4.41. The van der Waals surface area contributed by atoms with Crippen molar-refractivity contribution in [1.29, 1.82) is 0 Å². The van der Waals surface area contributed by atoms with Gasteiger partial charge >= 0.3 is 0 Å². The molecule has 0 amide bonds. The van der Waals surface area contributed by atoms with Crippen LogP contribution in [0.15, 0.2) is 0 Å². The van der Waals surface area contributed by atoms with Crippen LogP contribution >= 0.6 is 0 Å². The largest absolute Gasteiger partial charge is 0.372 e. The van der Waals surface area contributed by atoms with Crippen molar-refractivity contribution in [1.82, 2.24) is 0 Å². The van der Waals surface area contributed by atoms with Crippen LogP contribution in [0.2, 0.25) is 0 Å². The van der Waals surface area contributed by atoms with Gasteiger partial charge in [-0.15, -0.1) is 0 Å². The fourth-order valence-corrected chi connectivity index (χ4v) is 4.61. The molecule has 2 N–H and O–H groups in total. The molecule has 0 saturated carbocycles. The molecule has 0 spiro atoms. The van der Waals surface area contributed by atoms with Crippen molar-refractivity contribution in [3.05, 3.63) is 0 Å². The van der Waals surface area contributed by atoms with Crippen molar-refractivity contribution >= 4 is 10.1 Å². The zero-order chi connectivity index (χ0) is 21.1. The molecule has 0 fully saturated rings. The summed E-state index contributed by atoms with van der Waals surface area (Å²) >= 11 is 0. The van der Waals surface area contributed by atoms with Crippen molar-refractivity contribution in [2.45, 2.75) is 147 Å². The van der Waals surface area contributed by atoms with E-state index >= 15 is 0 Å². The van der Waals surface area contributed by atoms with E-state index in [0.29, 0.717) is 12.8 Å². The minimum absolute atomic E-state index is 0.143. The Bertz CT molecular complexity index is 436. The van der Waals surface area contributed by atoms with E-state index in [1.165, 1.54) is 70.6 Å². The van der Waals surface area contributed by atoms with Crippen LogP contribution in [0.5, 0.6) is 0 Å². The van der Waals surface area contributed by atoms with Crippen LogP contribution in [0.1, 0.15) is 142 Å². The van der Waals surface area contributed by atoms with Gasteiger partial charge in [0.1, 0.15) is 0 Å². The highest BCUT2D eigenvalue weighted by molar-refractivity contribution is 7.87. The van der Waals surface area contributed by atoms with Crippen LogP contribution in [0, 0.1) is 0 Å². The third-order valence-corrected chi connectivity index (χ3v) is 7.19. The van der Waals surface area contributed by atoms with Gasteiger partial charge in [-0.3, -0.25) is 4.55 Å². The minimum Gasteiger partial charge on any atom is -0.372 e. The van der Waals surface area contributed by atoms with E-state index in [1.54, 1.807) is 0 Å². The first-order valence-corrected chi connectivity index (χ1v) is 13.5. The summed E-state index contributed by atoms with van der Waals surface area (Å²) in [6.45, 7) is 4.34.